The van der Waals surface area contributed by atoms with E-state index in [4.69, 9.17) is 4.74 Å². The van der Waals surface area contributed by atoms with Gasteiger partial charge in [0, 0.05) is 18.8 Å². The van der Waals surface area contributed by atoms with E-state index in [0.29, 0.717) is 0 Å². The van der Waals surface area contributed by atoms with Gasteiger partial charge in [0.2, 0.25) is 0 Å². The van der Waals surface area contributed by atoms with E-state index in [2.05, 4.69) is 29.2 Å². The molecule has 0 aliphatic carbocycles. The van der Waals surface area contributed by atoms with Crippen molar-refractivity contribution >= 4 is 5.91 Å². The van der Waals surface area contributed by atoms with E-state index < -0.39 is 11.7 Å². The van der Waals surface area contributed by atoms with E-state index in [-0.39, 0.29) is 30.1 Å². The van der Waals surface area contributed by atoms with Gasteiger partial charge < -0.3 is 15.0 Å². The molecule has 190 valence electrons. The van der Waals surface area contributed by atoms with Crippen molar-refractivity contribution in [1.82, 2.24) is 20.0 Å². The Morgan fingerprint density at radius 1 is 1.12 bits per heavy atom. The van der Waals surface area contributed by atoms with Gasteiger partial charge in [-0.05, 0) is 57.1 Å². The van der Waals surface area contributed by atoms with Gasteiger partial charge in [-0.3, -0.25) is 4.79 Å². The number of nitrogens with zero attached hydrogens (tertiary/aromatic N) is 3. The Labute approximate surface area is 200 Å². The predicted octanol–water partition coefficient (Wildman–Crippen LogP) is 5.74. The highest BCUT2D eigenvalue weighted by Gasteiger charge is 2.30. The Morgan fingerprint density at radius 3 is 2.41 bits per heavy atom. The lowest BCUT2D eigenvalue weighted by atomic mass is 10.2. The third-order valence-electron chi connectivity index (χ3n) is 5.46. The van der Waals surface area contributed by atoms with Crippen molar-refractivity contribution in [3.05, 3.63) is 47.8 Å². The van der Waals surface area contributed by atoms with Crippen LogP contribution in [-0.2, 0) is 12.9 Å². The minimum absolute atomic E-state index is 0.0396. The van der Waals surface area contributed by atoms with Crippen LogP contribution in [0.1, 0.15) is 75.3 Å². The van der Waals surface area contributed by atoms with E-state index in [9.17, 15) is 18.0 Å². The largest absolute Gasteiger partial charge is 0.471 e. The smallest absolute Gasteiger partial charge is 0.416 e. The number of amides is 1. The maximum atomic E-state index is 12.8. The second kappa shape index (κ2) is 14.0. The van der Waals surface area contributed by atoms with Crippen LogP contribution in [0.4, 0.5) is 13.2 Å². The zero-order chi connectivity index (χ0) is 25.0. The maximum absolute atomic E-state index is 12.8. The molecule has 0 spiro atoms. The van der Waals surface area contributed by atoms with Gasteiger partial charge in [0.25, 0.3) is 5.91 Å². The number of benzene rings is 1. The number of aromatic nitrogens is 2. The Kier molecular flexibility index (Phi) is 11.4. The predicted molar refractivity (Wildman–Crippen MR) is 127 cm³/mol. The van der Waals surface area contributed by atoms with Crippen LogP contribution in [0.15, 0.2) is 36.5 Å². The summed E-state index contributed by atoms with van der Waals surface area (Å²) < 4.78 is 45.3. The summed E-state index contributed by atoms with van der Waals surface area (Å²) >= 11 is 0. The second-order valence-electron chi connectivity index (χ2n) is 8.63. The molecule has 1 amide bonds. The standard InChI is InChI=1S/C25H37F3N4O2/c1-4-6-8-14-31(15-9-7-5-2)18-20(3)29-24(33)23-13-16-32(30-23)19-34-22-12-10-11-21(17-22)25(26,27)28/h10-13,16-17,20H,4-9,14-15,18-19H2,1-3H3,(H,29,33). The molecule has 1 atom stereocenters. The third kappa shape index (κ3) is 9.75. The van der Waals surface area contributed by atoms with Crippen LogP contribution >= 0.6 is 0 Å². The van der Waals surface area contributed by atoms with Crippen molar-refractivity contribution in [3.63, 3.8) is 0 Å². The van der Waals surface area contributed by atoms with Crippen molar-refractivity contribution in [1.29, 1.82) is 0 Å². The molecular weight excluding hydrogens is 445 g/mol. The topological polar surface area (TPSA) is 59.4 Å². The first-order valence-electron chi connectivity index (χ1n) is 12.1. The molecule has 2 rings (SSSR count). The van der Waals surface area contributed by atoms with Crippen molar-refractivity contribution in [2.45, 2.75) is 78.2 Å². The number of carbonyl (C=O) groups is 1. The number of halogens is 3. The molecule has 0 saturated carbocycles. The fraction of sp³-hybridized carbons (Fsp3) is 0.600. The van der Waals surface area contributed by atoms with E-state index in [0.717, 1.165) is 44.6 Å². The minimum atomic E-state index is -4.44. The molecule has 0 saturated heterocycles. The average molecular weight is 483 g/mol. The van der Waals surface area contributed by atoms with E-state index in [1.165, 1.54) is 42.5 Å². The summed E-state index contributed by atoms with van der Waals surface area (Å²) in [6.07, 6.45) is 4.18. The lowest BCUT2D eigenvalue weighted by Crippen LogP contribution is -2.42. The lowest BCUT2D eigenvalue weighted by molar-refractivity contribution is -0.137. The van der Waals surface area contributed by atoms with Gasteiger partial charge >= 0.3 is 6.18 Å². The summed E-state index contributed by atoms with van der Waals surface area (Å²) in [5.74, 6) is -0.205. The first kappa shape index (κ1) is 27.7. The SMILES string of the molecule is CCCCCN(CCCCC)CC(C)NC(=O)c1ccn(COc2cccc(C(F)(F)F)c2)n1. The average Bonchev–Trinajstić information content (AvgIpc) is 3.27. The monoisotopic (exact) mass is 482 g/mol. The van der Waals surface area contributed by atoms with Crippen LogP contribution in [0.3, 0.4) is 0 Å². The Bertz CT molecular complexity index is 860. The molecular formula is C25H37F3N4O2. The number of hydrogen-bond donors (Lipinski definition) is 1. The molecule has 0 aliphatic rings. The number of hydrogen-bond acceptors (Lipinski definition) is 4. The molecule has 9 heteroatoms. The number of unbranched alkanes of at least 4 members (excludes halogenated alkanes) is 4. The zero-order valence-corrected chi connectivity index (χ0v) is 20.4. The zero-order valence-electron chi connectivity index (χ0n) is 20.4. The molecule has 34 heavy (non-hydrogen) atoms. The molecule has 1 N–H and O–H groups in total. The van der Waals surface area contributed by atoms with E-state index in [1.807, 2.05) is 6.92 Å². The van der Waals surface area contributed by atoms with Gasteiger partial charge in [-0.1, -0.05) is 45.6 Å². The van der Waals surface area contributed by atoms with Gasteiger partial charge in [0.15, 0.2) is 6.73 Å². The number of carbonyl (C=O) groups excluding carboxylic acids is 1. The molecule has 1 aromatic heterocycles. The van der Waals surface area contributed by atoms with Crippen molar-refractivity contribution in [3.8, 4) is 5.75 Å². The molecule has 0 bridgehead atoms. The van der Waals surface area contributed by atoms with Crippen molar-refractivity contribution in [2.24, 2.45) is 0 Å². The van der Waals surface area contributed by atoms with Crippen LogP contribution in [0.5, 0.6) is 5.75 Å². The summed E-state index contributed by atoms with van der Waals surface area (Å²) in [7, 11) is 0. The van der Waals surface area contributed by atoms with Gasteiger partial charge in [-0.25, -0.2) is 4.68 Å². The van der Waals surface area contributed by atoms with Crippen LogP contribution in [0.25, 0.3) is 0 Å². The molecule has 0 aliphatic heterocycles. The summed E-state index contributed by atoms with van der Waals surface area (Å²) in [6.45, 7) is 9.09. The Hall–Kier alpha value is -2.55. The van der Waals surface area contributed by atoms with E-state index in [1.54, 1.807) is 12.3 Å². The lowest BCUT2D eigenvalue weighted by Gasteiger charge is -2.26. The Balaban J connectivity index is 1.86. The van der Waals surface area contributed by atoms with Gasteiger partial charge in [-0.2, -0.15) is 18.3 Å². The fourth-order valence-corrected chi connectivity index (χ4v) is 3.65. The highest BCUT2D eigenvalue weighted by Crippen LogP contribution is 2.31. The molecule has 1 unspecified atom stereocenters. The summed E-state index contributed by atoms with van der Waals surface area (Å²) in [4.78, 5) is 15.0. The highest BCUT2D eigenvalue weighted by molar-refractivity contribution is 5.92. The Morgan fingerprint density at radius 2 is 1.79 bits per heavy atom. The molecule has 1 aromatic carbocycles. The number of ether oxygens (including phenoxy) is 1. The quantitative estimate of drug-likeness (QED) is 0.329. The summed E-state index contributed by atoms with van der Waals surface area (Å²) in [5.41, 5.74) is -0.541. The molecule has 1 heterocycles. The summed E-state index contributed by atoms with van der Waals surface area (Å²) in [5, 5.41) is 7.19. The second-order valence-corrected chi connectivity index (χ2v) is 8.63. The third-order valence-corrected chi connectivity index (χ3v) is 5.46. The normalized spacial score (nSPS) is 12.7. The van der Waals surface area contributed by atoms with E-state index >= 15 is 0 Å². The fourth-order valence-electron chi connectivity index (χ4n) is 3.65. The molecule has 2 aromatic rings. The van der Waals surface area contributed by atoms with Crippen molar-refractivity contribution < 1.29 is 22.7 Å². The number of rotatable bonds is 15. The minimum Gasteiger partial charge on any atom is -0.471 e. The molecule has 0 fully saturated rings. The van der Waals surface area contributed by atoms with Gasteiger partial charge in [0.1, 0.15) is 11.4 Å². The first-order valence-corrected chi connectivity index (χ1v) is 12.1. The summed E-state index contributed by atoms with van der Waals surface area (Å²) in [6, 6.07) is 6.18. The number of alkyl halides is 3. The van der Waals surface area contributed by atoms with Crippen LogP contribution in [0.2, 0.25) is 0 Å². The first-order chi connectivity index (χ1) is 16.2. The van der Waals surface area contributed by atoms with Gasteiger partial charge in [0.05, 0.1) is 5.56 Å². The molecule has 0 radical (unpaired) electrons. The maximum Gasteiger partial charge on any atom is 0.416 e. The van der Waals surface area contributed by atoms with Crippen molar-refractivity contribution in [2.75, 3.05) is 19.6 Å². The number of nitrogens with one attached hydrogen (secondary N) is 1. The van der Waals surface area contributed by atoms with Crippen LogP contribution in [0, 0.1) is 0 Å². The molecule has 6 nitrogen and oxygen atoms in total. The van der Waals surface area contributed by atoms with Gasteiger partial charge in [-0.15, -0.1) is 0 Å². The van der Waals surface area contributed by atoms with Crippen LogP contribution < -0.4 is 10.1 Å². The van der Waals surface area contributed by atoms with Crippen LogP contribution in [-0.4, -0.2) is 46.3 Å². The highest BCUT2D eigenvalue weighted by atomic mass is 19.4.